The third kappa shape index (κ3) is 59.4. The maximum Gasteiger partial charge on any atom is 0.472 e. The zero-order valence-electron chi connectivity index (χ0n) is 53.2. The largest absolute Gasteiger partial charge is 0.472 e. The van der Waals surface area contributed by atoms with Gasteiger partial charge in [0.05, 0.1) is 33.8 Å². The van der Waals surface area contributed by atoms with Crippen LogP contribution in [0.1, 0.15) is 361 Å². The molecule has 0 aromatic carbocycles. The number of nitrogens with one attached hydrogen (secondary N) is 1. The van der Waals surface area contributed by atoms with Crippen molar-refractivity contribution in [2.75, 3.05) is 40.9 Å². The predicted octanol–water partition coefficient (Wildman–Crippen LogP) is 21.5. The molecule has 0 aliphatic rings. The Hall–Kier alpha value is -1.25. The third-order valence-corrected chi connectivity index (χ3v) is 17.0. The van der Waals surface area contributed by atoms with E-state index in [0.29, 0.717) is 23.9 Å². The fourth-order valence-electron chi connectivity index (χ4n) is 10.7. The van der Waals surface area contributed by atoms with Gasteiger partial charge in [-0.25, -0.2) is 4.57 Å². The lowest BCUT2D eigenvalue weighted by Gasteiger charge is -2.27. The maximum absolute atomic E-state index is 13.6. The van der Waals surface area contributed by atoms with Gasteiger partial charge < -0.3 is 19.4 Å². The summed E-state index contributed by atoms with van der Waals surface area (Å²) in [5.74, 6) is -0.480. The van der Waals surface area contributed by atoms with Gasteiger partial charge in [-0.3, -0.25) is 18.6 Å². The predicted molar refractivity (Wildman–Crippen MR) is 337 cm³/mol. The summed E-state index contributed by atoms with van der Waals surface area (Å²) in [4.78, 5) is 37.8. The van der Waals surface area contributed by atoms with Gasteiger partial charge in [-0.05, 0) is 31.8 Å². The van der Waals surface area contributed by atoms with Gasteiger partial charge in [-0.15, -0.1) is 0 Å². The minimum absolute atomic E-state index is 0.0459. The van der Waals surface area contributed by atoms with Crippen LogP contribution in [0, 0.1) is 0 Å². The van der Waals surface area contributed by atoms with Crippen molar-refractivity contribution in [3.8, 4) is 0 Å². The second-order valence-electron chi connectivity index (χ2n) is 25.1. The molecule has 0 fully saturated rings. The fraction of sp³-hybridized carbons (Fsp3) is 0.941. The molecular weight excluding hydrogens is 988 g/mol. The highest BCUT2D eigenvalue weighted by Crippen LogP contribution is 2.43. The number of unbranched alkanes of at least 4 members (excludes halogenated alkanes) is 48. The molecule has 0 aliphatic carbocycles. The molecule has 2 N–H and O–H groups in total. The number of phosphoric ester groups is 1. The lowest BCUT2D eigenvalue weighted by Crippen LogP contribution is -2.47. The van der Waals surface area contributed by atoms with Crippen molar-refractivity contribution < 1.29 is 37.3 Å². The Labute approximate surface area is 486 Å². The van der Waals surface area contributed by atoms with Gasteiger partial charge in [0.2, 0.25) is 5.91 Å². The van der Waals surface area contributed by atoms with Crippen LogP contribution in [0.3, 0.4) is 0 Å². The van der Waals surface area contributed by atoms with Crippen LogP contribution < -0.4 is 5.32 Å². The summed E-state index contributed by atoms with van der Waals surface area (Å²) in [6.45, 7) is 7.08. The van der Waals surface area contributed by atoms with Crippen molar-refractivity contribution in [1.82, 2.24) is 5.32 Å². The first kappa shape index (κ1) is 76.8. The van der Waals surface area contributed by atoms with Crippen LogP contribution in [-0.2, 0) is 27.9 Å². The molecule has 9 nitrogen and oxygen atoms in total. The van der Waals surface area contributed by atoms with Gasteiger partial charge in [0, 0.05) is 12.8 Å². The normalized spacial score (nSPS) is 13.6. The number of rotatable bonds is 64. The number of allylic oxidation sites excluding steroid dienone is 1. The number of likely N-dealkylation sites (N-methyl/N-ethyl adjacent to an activating group) is 1. The van der Waals surface area contributed by atoms with E-state index >= 15 is 0 Å². The Morgan fingerprint density at radius 3 is 1.05 bits per heavy atom. The summed E-state index contributed by atoms with van der Waals surface area (Å²) in [7, 11) is 1.52. The van der Waals surface area contributed by atoms with E-state index in [2.05, 4.69) is 26.1 Å². The van der Waals surface area contributed by atoms with E-state index in [-0.39, 0.29) is 25.1 Å². The lowest BCUT2D eigenvalue weighted by molar-refractivity contribution is -0.870. The van der Waals surface area contributed by atoms with Gasteiger partial charge in [0.15, 0.2) is 0 Å². The minimum Gasteiger partial charge on any atom is -0.456 e. The molecule has 0 spiro atoms. The van der Waals surface area contributed by atoms with Crippen LogP contribution >= 0.6 is 7.82 Å². The van der Waals surface area contributed by atoms with E-state index in [1.54, 1.807) is 0 Å². The van der Waals surface area contributed by atoms with Crippen LogP contribution in [0.4, 0.5) is 0 Å². The molecule has 464 valence electrons. The monoisotopic (exact) mass is 1120 g/mol. The Balaban J connectivity index is 5.00. The number of nitrogens with zero attached hydrogens (tertiary/aromatic N) is 1. The van der Waals surface area contributed by atoms with Gasteiger partial charge >= 0.3 is 13.8 Å². The second-order valence-corrected chi connectivity index (χ2v) is 26.5. The van der Waals surface area contributed by atoms with Crippen LogP contribution in [0.2, 0.25) is 0 Å². The number of amides is 1. The molecule has 0 bridgehead atoms. The van der Waals surface area contributed by atoms with Crippen molar-refractivity contribution in [1.29, 1.82) is 0 Å². The number of phosphoric acid groups is 1. The van der Waals surface area contributed by atoms with Crippen LogP contribution in [0.25, 0.3) is 0 Å². The standard InChI is InChI=1S/C68H135N2O7P/c1-7-10-13-16-19-22-25-28-30-31-32-33-34-35-36-37-38-39-41-43-46-49-52-55-58-61-68(72)77-66(59-56-53-50-47-44-27-24-21-18-15-12-9-3)65(64-76-78(73,74)75-63-62-70(4,5)6)69-67(71)60-57-54-51-48-45-42-40-29-26-23-20-17-14-11-8-2/h56,59,65-66H,7-55,57-58,60-64H2,1-6H3,(H-,69,71,73,74)/p+1/b59-56-. The number of hydrogen-bond donors (Lipinski definition) is 2. The Morgan fingerprint density at radius 1 is 0.436 bits per heavy atom. The molecule has 0 saturated carbocycles. The molecule has 0 radical (unpaired) electrons. The molecule has 0 aromatic rings. The molecule has 3 unspecified atom stereocenters. The zero-order chi connectivity index (χ0) is 57.2. The smallest absolute Gasteiger partial charge is 0.456 e. The highest BCUT2D eigenvalue weighted by molar-refractivity contribution is 7.47. The van der Waals surface area contributed by atoms with Crippen molar-refractivity contribution >= 4 is 19.7 Å². The topological polar surface area (TPSA) is 111 Å². The van der Waals surface area contributed by atoms with E-state index in [0.717, 1.165) is 57.8 Å². The van der Waals surface area contributed by atoms with Crippen molar-refractivity contribution in [3.63, 3.8) is 0 Å². The Morgan fingerprint density at radius 2 is 0.731 bits per heavy atom. The number of ether oxygens (including phenoxy) is 1. The first-order valence-corrected chi connectivity index (χ1v) is 36.0. The molecule has 0 aliphatic heterocycles. The zero-order valence-corrected chi connectivity index (χ0v) is 54.1. The van der Waals surface area contributed by atoms with Gasteiger partial charge in [-0.2, -0.15) is 0 Å². The Kier molecular flexibility index (Phi) is 58.0. The number of carbonyl (C=O) groups excluding carboxylic acids is 2. The highest BCUT2D eigenvalue weighted by atomic mass is 31.2. The average molecular weight is 1120 g/mol. The van der Waals surface area contributed by atoms with E-state index in [1.807, 2.05) is 33.3 Å². The molecule has 78 heavy (non-hydrogen) atoms. The van der Waals surface area contributed by atoms with Crippen molar-refractivity contribution in [2.45, 2.75) is 373 Å². The van der Waals surface area contributed by atoms with E-state index in [4.69, 9.17) is 13.8 Å². The molecule has 0 aromatic heterocycles. The number of esters is 1. The summed E-state index contributed by atoms with van der Waals surface area (Å²) in [6.07, 6.45) is 69.4. The van der Waals surface area contributed by atoms with Crippen LogP contribution in [0.5, 0.6) is 0 Å². The third-order valence-electron chi connectivity index (χ3n) is 16.0. The van der Waals surface area contributed by atoms with Crippen molar-refractivity contribution in [2.24, 2.45) is 0 Å². The summed E-state index contributed by atoms with van der Waals surface area (Å²) in [5.41, 5.74) is 0. The average Bonchev–Trinajstić information content (AvgIpc) is 3.40. The van der Waals surface area contributed by atoms with E-state index < -0.39 is 20.0 Å². The van der Waals surface area contributed by atoms with Gasteiger partial charge in [-0.1, -0.05) is 329 Å². The minimum atomic E-state index is -4.44. The summed E-state index contributed by atoms with van der Waals surface area (Å²) < 4.78 is 30.8. The van der Waals surface area contributed by atoms with Crippen molar-refractivity contribution in [3.05, 3.63) is 12.2 Å². The quantitative estimate of drug-likeness (QED) is 0.0205. The Bertz CT molecular complexity index is 1340. The van der Waals surface area contributed by atoms with E-state index in [1.165, 1.54) is 270 Å². The first-order chi connectivity index (χ1) is 37.9. The number of carbonyl (C=O) groups is 2. The summed E-state index contributed by atoms with van der Waals surface area (Å²) >= 11 is 0. The fourth-order valence-corrected chi connectivity index (χ4v) is 11.4. The van der Waals surface area contributed by atoms with Crippen LogP contribution in [-0.4, -0.2) is 74.3 Å². The van der Waals surface area contributed by atoms with Gasteiger partial charge in [0.25, 0.3) is 0 Å². The molecule has 0 heterocycles. The molecule has 0 saturated heterocycles. The summed E-state index contributed by atoms with van der Waals surface area (Å²) in [5, 5.41) is 3.07. The molecular formula is C68H136N2O7P+. The molecule has 0 rings (SSSR count). The number of quaternary nitrogens is 1. The summed E-state index contributed by atoms with van der Waals surface area (Å²) in [6, 6.07) is -0.840. The number of hydrogen-bond acceptors (Lipinski definition) is 6. The van der Waals surface area contributed by atoms with E-state index in [9.17, 15) is 19.0 Å². The van der Waals surface area contributed by atoms with Gasteiger partial charge in [0.1, 0.15) is 19.3 Å². The molecule has 1 amide bonds. The second kappa shape index (κ2) is 58.9. The maximum atomic E-state index is 13.6. The lowest BCUT2D eigenvalue weighted by atomic mass is 10.0. The molecule has 10 heteroatoms. The SMILES string of the molecule is CCCCCCCCCCCC/C=C\C(OC(=O)CCCCCCCCCCCCCCCCCCCCCCCCCCC)C(COP(=O)(O)OCC[N+](C)(C)C)NC(=O)CCCCCCCCCCCCCCCCC. The molecule has 3 atom stereocenters. The highest BCUT2D eigenvalue weighted by Gasteiger charge is 2.30. The first-order valence-electron chi connectivity index (χ1n) is 34.5. The van der Waals surface area contributed by atoms with Crippen LogP contribution in [0.15, 0.2) is 12.2 Å².